The third-order valence-corrected chi connectivity index (χ3v) is 2.55. The summed E-state index contributed by atoms with van der Waals surface area (Å²) in [5.74, 6) is 0. The smallest absolute Gasteiger partial charge is 0.0595 e. The Morgan fingerprint density at radius 2 is 1.92 bits per heavy atom. The number of benzene rings is 1. The van der Waals surface area contributed by atoms with Gasteiger partial charge in [-0.25, -0.2) is 0 Å². The zero-order chi connectivity index (χ0) is 9.14. The lowest BCUT2D eigenvalue weighted by atomic mass is 10.1. The molecule has 1 rings (SSSR count). The van der Waals surface area contributed by atoms with Crippen LogP contribution in [0.5, 0.6) is 0 Å². The second-order valence-electron chi connectivity index (χ2n) is 2.69. The van der Waals surface area contributed by atoms with Gasteiger partial charge in [0, 0.05) is 6.04 Å². The molecule has 0 spiro atoms. The van der Waals surface area contributed by atoms with Crippen LogP contribution in [-0.2, 0) is 0 Å². The van der Waals surface area contributed by atoms with E-state index in [4.69, 9.17) is 28.9 Å². The predicted octanol–water partition coefficient (Wildman–Crippen LogP) is 3.52. The van der Waals surface area contributed by atoms with Gasteiger partial charge in [-0.15, -0.1) is 0 Å². The van der Waals surface area contributed by atoms with Crippen LogP contribution in [0.2, 0.25) is 10.0 Å². The molecule has 0 fully saturated rings. The van der Waals surface area contributed by atoms with Gasteiger partial charge in [-0.1, -0.05) is 36.2 Å². The van der Waals surface area contributed by atoms with Gasteiger partial charge < -0.3 is 5.73 Å². The summed E-state index contributed by atoms with van der Waals surface area (Å²) in [5.41, 5.74) is 6.85. The summed E-state index contributed by atoms with van der Waals surface area (Å²) < 4.78 is 0. The number of nitrogens with two attached hydrogens (primary N) is 1. The average molecular weight is 238 g/mol. The molecule has 1 aromatic carbocycles. The van der Waals surface area contributed by atoms with E-state index < -0.39 is 0 Å². The molecule has 0 saturated carbocycles. The van der Waals surface area contributed by atoms with Crippen LogP contribution in [0.15, 0.2) is 18.2 Å². The minimum absolute atomic E-state index is 0. The van der Waals surface area contributed by atoms with Crippen molar-refractivity contribution in [3.63, 3.8) is 0 Å². The minimum atomic E-state index is 0. The molecule has 0 saturated heterocycles. The van der Waals surface area contributed by atoms with E-state index in [1.165, 1.54) is 0 Å². The first-order valence-corrected chi connectivity index (χ1v) is 4.61. The molecule has 0 radical (unpaired) electrons. The van der Waals surface area contributed by atoms with Crippen molar-refractivity contribution in [1.29, 1.82) is 0 Å². The maximum absolute atomic E-state index is 5.83. The molecule has 0 heterocycles. The Morgan fingerprint density at radius 3 is 2.38 bits per heavy atom. The fourth-order valence-electron chi connectivity index (χ4n) is 0.979. The van der Waals surface area contributed by atoms with Gasteiger partial charge in [-0.2, -0.15) is 13.5 Å². The topological polar surface area (TPSA) is 26.0 Å². The van der Waals surface area contributed by atoms with E-state index in [0.29, 0.717) is 10.0 Å². The van der Waals surface area contributed by atoms with Crippen molar-refractivity contribution in [3.05, 3.63) is 33.8 Å². The summed E-state index contributed by atoms with van der Waals surface area (Å²) in [5, 5.41) is 1.14. The van der Waals surface area contributed by atoms with Crippen LogP contribution in [0.25, 0.3) is 0 Å². The summed E-state index contributed by atoms with van der Waals surface area (Å²) in [6.07, 6.45) is 0.901. The molecule has 74 valence electrons. The molecular formula is C9H13Cl2NS. The first-order valence-electron chi connectivity index (χ1n) is 3.85. The van der Waals surface area contributed by atoms with Gasteiger partial charge in [-0.3, -0.25) is 0 Å². The zero-order valence-electron chi connectivity index (χ0n) is 7.35. The molecule has 1 nitrogen and oxygen atoms in total. The Bertz CT molecular complexity index is 278. The van der Waals surface area contributed by atoms with Crippen molar-refractivity contribution in [2.45, 2.75) is 19.4 Å². The van der Waals surface area contributed by atoms with Gasteiger partial charge in [-0.05, 0) is 24.1 Å². The highest BCUT2D eigenvalue weighted by atomic mass is 35.5. The van der Waals surface area contributed by atoms with Crippen molar-refractivity contribution in [3.8, 4) is 0 Å². The molecule has 0 aromatic heterocycles. The fourth-order valence-corrected chi connectivity index (χ4v) is 1.29. The molecule has 1 atom stereocenters. The summed E-state index contributed by atoms with van der Waals surface area (Å²) in [7, 11) is 0. The van der Waals surface area contributed by atoms with Crippen LogP contribution in [0.1, 0.15) is 24.9 Å². The Labute approximate surface area is 95.7 Å². The molecule has 0 bridgehead atoms. The standard InChI is InChI=1S/C9H11Cl2N.H2S/c1-2-9(12)6-3-4-7(10)8(11)5-6;/h3-5,9H,2,12H2,1H3;1H2/t9-;/m1./s1. The molecular weight excluding hydrogens is 225 g/mol. The van der Waals surface area contributed by atoms with Crippen LogP contribution >= 0.6 is 36.7 Å². The Kier molecular flexibility index (Phi) is 5.81. The van der Waals surface area contributed by atoms with Crippen LogP contribution in [0.3, 0.4) is 0 Å². The first kappa shape index (κ1) is 13.1. The molecule has 0 aliphatic carbocycles. The number of rotatable bonds is 2. The van der Waals surface area contributed by atoms with Gasteiger partial charge in [0.05, 0.1) is 10.0 Å². The van der Waals surface area contributed by atoms with Crippen LogP contribution in [0.4, 0.5) is 0 Å². The number of hydrogen-bond donors (Lipinski definition) is 1. The van der Waals surface area contributed by atoms with E-state index in [1.54, 1.807) is 6.07 Å². The Balaban J connectivity index is 0.00000144. The van der Waals surface area contributed by atoms with Gasteiger partial charge >= 0.3 is 0 Å². The number of halogens is 2. The fraction of sp³-hybridized carbons (Fsp3) is 0.333. The molecule has 13 heavy (non-hydrogen) atoms. The van der Waals surface area contributed by atoms with E-state index in [0.717, 1.165) is 12.0 Å². The van der Waals surface area contributed by atoms with Crippen LogP contribution in [0, 0.1) is 0 Å². The van der Waals surface area contributed by atoms with Gasteiger partial charge in [0.1, 0.15) is 0 Å². The summed E-state index contributed by atoms with van der Waals surface area (Å²) in [6, 6.07) is 5.55. The molecule has 2 N–H and O–H groups in total. The molecule has 0 unspecified atom stereocenters. The maximum Gasteiger partial charge on any atom is 0.0595 e. The van der Waals surface area contributed by atoms with Crippen molar-refractivity contribution in [1.82, 2.24) is 0 Å². The zero-order valence-corrected chi connectivity index (χ0v) is 9.86. The Hall–Kier alpha value is 0.110. The van der Waals surface area contributed by atoms with Crippen molar-refractivity contribution >= 4 is 36.7 Å². The monoisotopic (exact) mass is 237 g/mol. The second kappa shape index (κ2) is 5.76. The van der Waals surface area contributed by atoms with E-state index in [-0.39, 0.29) is 19.5 Å². The quantitative estimate of drug-likeness (QED) is 0.838. The van der Waals surface area contributed by atoms with Crippen molar-refractivity contribution in [2.24, 2.45) is 5.73 Å². The lowest BCUT2D eigenvalue weighted by Gasteiger charge is -2.09. The summed E-state index contributed by atoms with van der Waals surface area (Å²) in [4.78, 5) is 0. The van der Waals surface area contributed by atoms with Crippen molar-refractivity contribution in [2.75, 3.05) is 0 Å². The highest BCUT2D eigenvalue weighted by molar-refractivity contribution is 7.59. The molecule has 0 aliphatic heterocycles. The first-order chi connectivity index (χ1) is 5.65. The SMILES string of the molecule is CC[C@@H](N)c1ccc(Cl)c(Cl)c1.S. The normalized spacial score (nSPS) is 12.0. The van der Waals surface area contributed by atoms with Crippen LogP contribution in [-0.4, -0.2) is 0 Å². The third-order valence-electron chi connectivity index (χ3n) is 1.81. The third kappa shape index (κ3) is 3.39. The largest absolute Gasteiger partial charge is 0.324 e. The van der Waals surface area contributed by atoms with E-state index in [9.17, 15) is 0 Å². The van der Waals surface area contributed by atoms with Crippen LogP contribution < -0.4 is 5.73 Å². The van der Waals surface area contributed by atoms with E-state index >= 15 is 0 Å². The average Bonchev–Trinajstić information content (AvgIpc) is 2.08. The second-order valence-corrected chi connectivity index (χ2v) is 3.50. The highest BCUT2D eigenvalue weighted by Gasteiger charge is 2.04. The maximum atomic E-state index is 5.83. The minimum Gasteiger partial charge on any atom is -0.324 e. The number of hydrogen-bond acceptors (Lipinski definition) is 1. The van der Waals surface area contributed by atoms with Gasteiger partial charge in [0.25, 0.3) is 0 Å². The summed E-state index contributed by atoms with van der Waals surface area (Å²) >= 11 is 11.6. The van der Waals surface area contributed by atoms with E-state index in [2.05, 4.69) is 0 Å². The highest BCUT2D eigenvalue weighted by Crippen LogP contribution is 2.25. The lowest BCUT2D eigenvalue weighted by Crippen LogP contribution is -2.08. The van der Waals surface area contributed by atoms with E-state index in [1.807, 2.05) is 19.1 Å². The summed E-state index contributed by atoms with van der Waals surface area (Å²) in [6.45, 7) is 2.03. The lowest BCUT2D eigenvalue weighted by molar-refractivity contribution is 0.699. The van der Waals surface area contributed by atoms with Gasteiger partial charge in [0.15, 0.2) is 0 Å². The van der Waals surface area contributed by atoms with Gasteiger partial charge in [0.2, 0.25) is 0 Å². The molecule has 0 aliphatic rings. The molecule has 1 aromatic rings. The molecule has 4 heteroatoms. The molecule has 0 amide bonds. The Morgan fingerprint density at radius 1 is 1.31 bits per heavy atom. The predicted molar refractivity (Wildman–Crippen MR) is 64.1 cm³/mol. The van der Waals surface area contributed by atoms with Crippen molar-refractivity contribution < 1.29 is 0 Å².